The topological polar surface area (TPSA) is 74.7 Å². The number of aliphatic hydroxyl groups excluding tert-OH is 1. The molecule has 0 aromatic heterocycles. The first-order valence-corrected chi connectivity index (χ1v) is 6.91. The zero-order chi connectivity index (χ0) is 11.6. The Balaban J connectivity index is 2.83. The molecule has 1 saturated heterocycles. The Morgan fingerprint density at radius 1 is 1.40 bits per heavy atom. The molecule has 0 radical (unpaired) electrons. The van der Waals surface area contributed by atoms with E-state index < -0.39 is 22.0 Å². The minimum absolute atomic E-state index is 0.112. The number of sulfone groups is 1. The Morgan fingerprint density at radius 3 is 2.33 bits per heavy atom. The average Bonchev–Trinajstić information content (AvgIpc) is 2.41. The van der Waals surface area contributed by atoms with Gasteiger partial charge in [0.05, 0.1) is 23.7 Å². The Labute approximate surface area is 90.0 Å². The molecule has 0 unspecified atom stereocenters. The van der Waals surface area contributed by atoms with Gasteiger partial charge >= 0.3 is 0 Å². The van der Waals surface area contributed by atoms with Gasteiger partial charge in [0.15, 0.2) is 9.84 Å². The van der Waals surface area contributed by atoms with E-state index in [0.717, 1.165) is 0 Å². The molecule has 1 aliphatic rings. The van der Waals surface area contributed by atoms with Gasteiger partial charge in [-0.1, -0.05) is 6.92 Å². The summed E-state index contributed by atoms with van der Waals surface area (Å²) < 4.78 is 22.6. The molecule has 0 saturated carbocycles. The number of carbonyl (C=O) groups excluding carboxylic acids is 1. The van der Waals surface area contributed by atoms with E-state index in [9.17, 15) is 18.3 Å². The number of rotatable bonds is 3. The van der Waals surface area contributed by atoms with Crippen molar-refractivity contribution in [3.8, 4) is 0 Å². The monoisotopic (exact) mass is 235 g/mol. The van der Waals surface area contributed by atoms with Crippen molar-refractivity contribution in [2.75, 3.05) is 18.1 Å². The van der Waals surface area contributed by atoms with Crippen molar-refractivity contribution in [2.24, 2.45) is 0 Å². The number of carbonyl (C=O) groups is 1. The van der Waals surface area contributed by atoms with E-state index in [-0.39, 0.29) is 17.4 Å². The number of hydrogen-bond donors (Lipinski definition) is 1. The molecule has 1 amide bonds. The van der Waals surface area contributed by atoms with Crippen molar-refractivity contribution in [3.05, 3.63) is 0 Å². The van der Waals surface area contributed by atoms with Crippen LogP contribution >= 0.6 is 0 Å². The molecular formula is C9H17NO4S. The van der Waals surface area contributed by atoms with Gasteiger partial charge in [-0.05, 0) is 6.92 Å². The molecule has 0 aliphatic carbocycles. The lowest BCUT2D eigenvalue weighted by Crippen LogP contribution is -2.46. The second kappa shape index (κ2) is 4.49. The third kappa shape index (κ3) is 2.69. The van der Waals surface area contributed by atoms with Gasteiger partial charge in [0, 0.05) is 13.0 Å². The molecule has 0 spiro atoms. The van der Waals surface area contributed by atoms with Gasteiger partial charge in [-0.2, -0.15) is 0 Å². The van der Waals surface area contributed by atoms with Crippen molar-refractivity contribution < 1.29 is 18.3 Å². The lowest BCUT2D eigenvalue weighted by molar-refractivity contribution is -0.134. The number of amides is 1. The molecule has 0 aromatic rings. The van der Waals surface area contributed by atoms with E-state index in [1.165, 1.54) is 4.90 Å². The highest BCUT2D eigenvalue weighted by Gasteiger charge is 2.40. The highest BCUT2D eigenvalue weighted by atomic mass is 32.2. The molecule has 2 atom stereocenters. The largest absolute Gasteiger partial charge is 0.390 e. The molecule has 0 aromatic carbocycles. The number of hydrogen-bond acceptors (Lipinski definition) is 4. The first-order chi connectivity index (χ1) is 6.91. The van der Waals surface area contributed by atoms with E-state index in [4.69, 9.17) is 0 Å². The van der Waals surface area contributed by atoms with E-state index >= 15 is 0 Å². The first-order valence-electron chi connectivity index (χ1n) is 5.09. The minimum Gasteiger partial charge on any atom is -0.390 e. The van der Waals surface area contributed by atoms with Crippen molar-refractivity contribution in [2.45, 2.75) is 32.4 Å². The molecule has 1 fully saturated rings. The van der Waals surface area contributed by atoms with Gasteiger partial charge in [-0.15, -0.1) is 0 Å². The molecule has 5 nitrogen and oxygen atoms in total. The number of aliphatic hydroxyl groups is 1. The number of likely N-dealkylation sites (N-methyl/N-ethyl adjacent to an activating group) is 1. The maximum atomic E-state index is 11.5. The maximum absolute atomic E-state index is 11.5. The van der Waals surface area contributed by atoms with Crippen LogP contribution in [0.1, 0.15) is 20.3 Å². The van der Waals surface area contributed by atoms with E-state index in [1.807, 2.05) is 0 Å². The molecule has 1 N–H and O–H groups in total. The summed E-state index contributed by atoms with van der Waals surface area (Å²) in [6, 6.07) is -0.563. The number of nitrogens with zero attached hydrogens (tertiary/aromatic N) is 1. The SMILES string of the molecule is CCC(=O)N(CC)[C@@H]1CS(=O)(=O)C[C@H]1O. The summed E-state index contributed by atoms with van der Waals surface area (Å²) in [6.07, 6.45) is -0.609. The van der Waals surface area contributed by atoms with Crippen LogP contribution in [0.2, 0.25) is 0 Å². The van der Waals surface area contributed by atoms with Gasteiger partial charge in [0.2, 0.25) is 5.91 Å². The summed E-state index contributed by atoms with van der Waals surface area (Å²) in [6.45, 7) is 3.94. The third-order valence-corrected chi connectivity index (χ3v) is 4.36. The Bertz CT molecular complexity index is 338. The second-order valence-corrected chi connectivity index (χ2v) is 5.90. The summed E-state index contributed by atoms with van der Waals surface area (Å²) in [5.74, 6) is -0.461. The van der Waals surface area contributed by atoms with Crippen LogP contribution in [0, 0.1) is 0 Å². The fourth-order valence-electron chi connectivity index (χ4n) is 1.91. The zero-order valence-electron chi connectivity index (χ0n) is 9.01. The lowest BCUT2D eigenvalue weighted by atomic mass is 10.1. The molecular weight excluding hydrogens is 218 g/mol. The predicted molar refractivity (Wildman–Crippen MR) is 56.1 cm³/mol. The Hall–Kier alpha value is -0.620. The fraction of sp³-hybridized carbons (Fsp3) is 0.889. The molecule has 1 aliphatic heterocycles. The second-order valence-electron chi connectivity index (χ2n) is 3.74. The standard InChI is InChI=1S/C9H17NO4S/c1-3-9(12)10(4-2)7-5-15(13,14)6-8(7)11/h7-8,11H,3-6H2,1-2H3/t7-,8-/m1/s1. The van der Waals surface area contributed by atoms with Gasteiger partial charge in [-0.25, -0.2) is 8.42 Å². The lowest BCUT2D eigenvalue weighted by Gasteiger charge is -2.28. The van der Waals surface area contributed by atoms with Gasteiger partial charge < -0.3 is 10.0 Å². The van der Waals surface area contributed by atoms with E-state index in [2.05, 4.69) is 0 Å². The molecule has 88 valence electrons. The van der Waals surface area contributed by atoms with Crippen LogP contribution in [-0.2, 0) is 14.6 Å². The van der Waals surface area contributed by atoms with Crippen LogP contribution < -0.4 is 0 Å². The van der Waals surface area contributed by atoms with Crippen LogP contribution in [0.4, 0.5) is 0 Å². The van der Waals surface area contributed by atoms with Crippen molar-refractivity contribution in [1.82, 2.24) is 4.90 Å². The minimum atomic E-state index is -3.19. The summed E-state index contributed by atoms with van der Waals surface area (Å²) in [5, 5.41) is 9.60. The summed E-state index contributed by atoms with van der Waals surface area (Å²) in [5.41, 5.74) is 0. The third-order valence-electron chi connectivity index (χ3n) is 2.66. The van der Waals surface area contributed by atoms with Crippen LogP contribution in [-0.4, -0.2) is 54.5 Å². The molecule has 1 heterocycles. The molecule has 15 heavy (non-hydrogen) atoms. The van der Waals surface area contributed by atoms with Crippen molar-refractivity contribution in [3.63, 3.8) is 0 Å². The van der Waals surface area contributed by atoms with Crippen LogP contribution in [0.15, 0.2) is 0 Å². The molecule has 0 bridgehead atoms. The maximum Gasteiger partial charge on any atom is 0.222 e. The van der Waals surface area contributed by atoms with Crippen molar-refractivity contribution in [1.29, 1.82) is 0 Å². The van der Waals surface area contributed by atoms with Crippen molar-refractivity contribution >= 4 is 15.7 Å². The fourth-order valence-corrected chi connectivity index (χ4v) is 3.71. The Kier molecular flexibility index (Phi) is 3.72. The van der Waals surface area contributed by atoms with Gasteiger partial charge in [0.25, 0.3) is 0 Å². The smallest absolute Gasteiger partial charge is 0.222 e. The summed E-state index contributed by atoms with van der Waals surface area (Å²) >= 11 is 0. The highest BCUT2D eigenvalue weighted by Crippen LogP contribution is 2.19. The van der Waals surface area contributed by atoms with Crippen LogP contribution in [0.3, 0.4) is 0 Å². The predicted octanol–water partition coefficient (Wildman–Crippen LogP) is -0.597. The molecule has 1 rings (SSSR count). The zero-order valence-corrected chi connectivity index (χ0v) is 9.83. The van der Waals surface area contributed by atoms with Gasteiger partial charge in [-0.3, -0.25) is 4.79 Å². The summed E-state index contributed by atoms with van der Waals surface area (Å²) in [7, 11) is -3.19. The van der Waals surface area contributed by atoms with E-state index in [0.29, 0.717) is 13.0 Å². The van der Waals surface area contributed by atoms with Crippen LogP contribution in [0.5, 0.6) is 0 Å². The van der Waals surface area contributed by atoms with Crippen LogP contribution in [0.25, 0.3) is 0 Å². The normalized spacial score (nSPS) is 29.0. The summed E-state index contributed by atoms with van der Waals surface area (Å²) in [4.78, 5) is 13.0. The van der Waals surface area contributed by atoms with Gasteiger partial charge in [0.1, 0.15) is 0 Å². The first kappa shape index (κ1) is 12.4. The highest BCUT2D eigenvalue weighted by molar-refractivity contribution is 7.91. The quantitative estimate of drug-likeness (QED) is 0.709. The average molecular weight is 235 g/mol. The van der Waals surface area contributed by atoms with E-state index in [1.54, 1.807) is 13.8 Å². The Morgan fingerprint density at radius 2 is 2.00 bits per heavy atom. The molecule has 6 heteroatoms.